The summed E-state index contributed by atoms with van der Waals surface area (Å²) in [5, 5.41) is 0.882. The molecule has 0 atom stereocenters. The first-order chi connectivity index (χ1) is 9.45. The fraction of sp³-hybridized carbons (Fsp3) is 0.0714. The van der Waals surface area contributed by atoms with Crippen LogP contribution in [0.15, 0.2) is 36.4 Å². The van der Waals surface area contributed by atoms with Gasteiger partial charge in [0.2, 0.25) is 0 Å². The van der Waals surface area contributed by atoms with Gasteiger partial charge in [-0.2, -0.15) is 0 Å². The maximum atomic E-state index is 13.1. The third kappa shape index (κ3) is 3.62. The number of halogens is 3. The number of benzene rings is 2. The van der Waals surface area contributed by atoms with E-state index in [2.05, 4.69) is 0 Å². The molecule has 2 rings (SSSR count). The average Bonchev–Trinajstić information content (AvgIpc) is 2.36. The molecule has 0 aliphatic rings. The van der Waals surface area contributed by atoms with Gasteiger partial charge in [0.1, 0.15) is 12.4 Å². The molecular weight excluding hydrogens is 304 g/mol. The van der Waals surface area contributed by atoms with Crippen molar-refractivity contribution >= 4 is 34.9 Å². The van der Waals surface area contributed by atoms with E-state index < -0.39 is 11.8 Å². The molecule has 0 unspecified atom stereocenters. The molecule has 2 N–H and O–H groups in total. The van der Waals surface area contributed by atoms with Crippen LogP contribution in [-0.4, -0.2) is 5.97 Å². The van der Waals surface area contributed by atoms with E-state index in [4.69, 9.17) is 33.7 Å². The molecule has 2 aromatic carbocycles. The molecule has 0 fully saturated rings. The van der Waals surface area contributed by atoms with Crippen LogP contribution in [0.4, 0.5) is 10.1 Å². The fourth-order valence-corrected chi connectivity index (χ4v) is 2.06. The number of rotatable bonds is 3. The monoisotopic (exact) mass is 313 g/mol. The van der Waals surface area contributed by atoms with E-state index in [0.29, 0.717) is 15.6 Å². The lowest BCUT2D eigenvalue weighted by molar-refractivity contribution is 0.0472. The number of carbonyl (C=O) groups is 1. The Kier molecular flexibility index (Phi) is 4.47. The minimum absolute atomic E-state index is 0.0365. The van der Waals surface area contributed by atoms with Crippen molar-refractivity contribution in [2.45, 2.75) is 6.61 Å². The molecule has 0 bridgehead atoms. The summed E-state index contributed by atoms with van der Waals surface area (Å²) in [7, 11) is 0. The van der Waals surface area contributed by atoms with E-state index in [1.807, 2.05) is 0 Å². The van der Waals surface area contributed by atoms with Crippen LogP contribution < -0.4 is 5.73 Å². The average molecular weight is 314 g/mol. The summed E-state index contributed by atoms with van der Waals surface area (Å²) in [6.07, 6.45) is 0. The first-order valence-corrected chi connectivity index (χ1v) is 6.38. The molecule has 6 heteroatoms. The van der Waals surface area contributed by atoms with Gasteiger partial charge in [0, 0.05) is 21.3 Å². The van der Waals surface area contributed by atoms with Gasteiger partial charge in [0.05, 0.1) is 5.56 Å². The first kappa shape index (κ1) is 14.6. The van der Waals surface area contributed by atoms with Crippen LogP contribution in [0, 0.1) is 5.82 Å². The molecule has 0 saturated carbocycles. The maximum absolute atomic E-state index is 13.1. The van der Waals surface area contributed by atoms with E-state index in [0.717, 1.165) is 12.1 Å². The first-order valence-electron chi connectivity index (χ1n) is 5.63. The van der Waals surface area contributed by atoms with Crippen molar-refractivity contribution in [1.29, 1.82) is 0 Å². The van der Waals surface area contributed by atoms with Gasteiger partial charge in [-0.25, -0.2) is 9.18 Å². The standard InChI is InChI=1S/C14H10Cl2FNO2/c15-10-2-1-8(13(16)5-10)7-20-14(19)9-3-11(17)6-12(18)4-9/h1-6H,7,18H2. The molecule has 104 valence electrons. The van der Waals surface area contributed by atoms with Gasteiger partial charge < -0.3 is 10.5 Å². The topological polar surface area (TPSA) is 52.3 Å². The van der Waals surface area contributed by atoms with Crippen LogP contribution in [0.3, 0.4) is 0 Å². The zero-order valence-corrected chi connectivity index (χ0v) is 11.7. The van der Waals surface area contributed by atoms with Crippen molar-refractivity contribution in [3.63, 3.8) is 0 Å². The van der Waals surface area contributed by atoms with Crippen LogP contribution in [0.2, 0.25) is 10.0 Å². The predicted octanol–water partition coefficient (Wildman–Crippen LogP) is 4.07. The number of hydrogen-bond donors (Lipinski definition) is 1. The summed E-state index contributed by atoms with van der Waals surface area (Å²) >= 11 is 11.7. The lowest BCUT2D eigenvalue weighted by Gasteiger charge is -2.07. The van der Waals surface area contributed by atoms with Gasteiger partial charge >= 0.3 is 5.97 Å². The molecule has 0 radical (unpaired) electrons. The lowest BCUT2D eigenvalue weighted by atomic mass is 10.2. The normalized spacial score (nSPS) is 10.3. The van der Waals surface area contributed by atoms with E-state index in [-0.39, 0.29) is 17.9 Å². The van der Waals surface area contributed by atoms with Crippen LogP contribution >= 0.6 is 23.2 Å². The van der Waals surface area contributed by atoms with Crippen LogP contribution in [0.1, 0.15) is 15.9 Å². The van der Waals surface area contributed by atoms with E-state index >= 15 is 0 Å². The summed E-state index contributed by atoms with van der Waals surface area (Å²) in [5.74, 6) is -1.27. The molecule has 0 saturated heterocycles. The van der Waals surface area contributed by atoms with Gasteiger partial charge in [-0.3, -0.25) is 0 Å². The Morgan fingerprint density at radius 2 is 1.95 bits per heavy atom. The number of carbonyl (C=O) groups excluding carboxylic acids is 1. The quantitative estimate of drug-likeness (QED) is 0.686. The van der Waals surface area contributed by atoms with Crippen molar-refractivity contribution < 1.29 is 13.9 Å². The van der Waals surface area contributed by atoms with Crippen molar-refractivity contribution in [2.24, 2.45) is 0 Å². The zero-order chi connectivity index (χ0) is 14.7. The summed E-state index contributed by atoms with van der Waals surface area (Å²) in [4.78, 5) is 11.8. The Balaban J connectivity index is 2.08. The molecule has 0 aliphatic carbocycles. The second-order valence-electron chi connectivity index (χ2n) is 4.09. The number of nitrogens with two attached hydrogens (primary N) is 1. The van der Waals surface area contributed by atoms with Crippen LogP contribution in [0.25, 0.3) is 0 Å². The Morgan fingerprint density at radius 1 is 1.20 bits per heavy atom. The van der Waals surface area contributed by atoms with Gasteiger partial charge in [0.25, 0.3) is 0 Å². The second-order valence-corrected chi connectivity index (χ2v) is 4.93. The lowest BCUT2D eigenvalue weighted by Crippen LogP contribution is -2.06. The molecule has 0 spiro atoms. The van der Waals surface area contributed by atoms with Crippen molar-refractivity contribution in [3.8, 4) is 0 Å². The molecule has 2 aromatic rings. The Labute approximate surface area is 125 Å². The Hall–Kier alpha value is -1.78. The molecule has 0 heterocycles. The van der Waals surface area contributed by atoms with Gasteiger partial charge in [-0.05, 0) is 30.3 Å². The minimum Gasteiger partial charge on any atom is -0.457 e. The molecular formula is C14H10Cl2FNO2. The highest BCUT2D eigenvalue weighted by atomic mass is 35.5. The largest absolute Gasteiger partial charge is 0.457 e. The number of anilines is 1. The highest BCUT2D eigenvalue weighted by molar-refractivity contribution is 6.35. The zero-order valence-electron chi connectivity index (χ0n) is 10.2. The van der Waals surface area contributed by atoms with Crippen LogP contribution in [0.5, 0.6) is 0 Å². The third-order valence-electron chi connectivity index (χ3n) is 2.53. The predicted molar refractivity (Wildman–Crippen MR) is 76.4 cm³/mol. The number of ether oxygens (including phenoxy) is 1. The van der Waals surface area contributed by atoms with Gasteiger partial charge in [-0.1, -0.05) is 29.3 Å². The smallest absolute Gasteiger partial charge is 0.338 e. The Bertz CT molecular complexity index is 641. The number of nitrogen functional groups attached to an aromatic ring is 1. The highest BCUT2D eigenvalue weighted by Gasteiger charge is 2.11. The van der Waals surface area contributed by atoms with Crippen molar-refractivity contribution in [1.82, 2.24) is 0 Å². The van der Waals surface area contributed by atoms with Crippen LogP contribution in [-0.2, 0) is 11.3 Å². The van der Waals surface area contributed by atoms with Gasteiger partial charge in [0.15, 0.2) is 0 Å². The highest BCUT2D eigenvalue weighted by Crippen LogP contribution is 2.22. The van der Waals surface area contributed by atoms with Gasteiger partial charge in [-0.15, -0.1) is 0 Å². The van der Waals surface area contributed by atoms with E-state index in [9.17, 15) is 9.18 Å². The van der Waals surface area contributed by atoms with Crippen molar-refractivity contribution in [3.05, 3.63) is 63.4 Å². The van der Waals surface area contributed by atoms with Crippen molar-refractivity contribution in [2.75, 3.05) is 5.73 Å². The summed E-state index contributed by atoms with van der Waals surface area (Å²) in [6, 6.07) is 8.35. The molecule has 3 nitrogen and oxygen atoms in total. The summed E-state index contributed by atoms with van der Waals surface area (Å²) in [6.45, 7) is -0.0365. The molecule has 0 aliphatic heterocycles. The maximum Gasteiger partial charge on any atom is 0.338 e. The fourth-order valence-electron chi connectivity index (χ4n) is 1.60. The SMILES string of the molecule is Nc1cc(F)cc(C(=O)OCc2ccc(Cl)cc2Cl)c1. The summed E-state index contributed by atoms with van der Waals surface area (Å²) < 4.78 is 18.2. The second kappa shape index (κ2) is 6.11. The molecule has 20 heavy (non-hydrogen) atoms. The van der Waals surface area contributed by atoms with E-state index in [1.165, 1.54) is 6.07 Å². The van der Waals surface area contributed by atoms with E-state index in [1.54, 1.807) is 18.2 Å². The number of esters is 1. The Morgan fingerprint density at radius 3 is 2.60 bits per heavy atom. The molecule has 0 aromatic heterocycles. The third-order valence-corrected chi connectivity index (χ3v) is 3.12. The minimum atomic E-state index is -0.679. The number of hydrogen-bond acceptors (Lipinski definition) is 3. The molecule has 0 amide bonds. The summed E-state index contributed by atoms with van der Waals surface area (Å²) in [5.41, 5.74) is 6.27.